The Morgan fingerprint density at radius 3 is 3.25 bits per heavy atom. The van der Waals surface area contributed by atoms with Crippen molar-refractivity contribution in [3.63, 3.8) is 0 Å². The molecule has 1 heterocycles. The van der Waals surface area contributed by atoms with Crippen LogP contribution in [0.2, 0.25) is 0 Å². The molecule has 1 rings (SSSR count). The summed E-state index contributed by atoms with van der Waals surface area (Å²) in [7, 11) is 0. The fourth-order valence-electron chi connectivity index (χ4n) is 0.574. The van der Waals surface area contributed by atoms with Crippen LogP contribution >= 0.6 is 11.5 Å². The Morgan fingerprint density at radius 1 is 1.88 bits per heavy atom. The maximum absolute atomic E-state index is 3.86. The Hall–Kier alpha value is -0.370. The summed E-state index contributed by atoms with van der Waals surface area (Å²) >= 11 is 1.54. The molecule has 1 aromatic rings. The maximum atomic E-state index is 3.86. The van der Waals surface area contributed by atoms with Crippen molar-refractivity contribution in [2.24, 2.45) is 0 Å². The van der Waals surface area contributed by atoms with Crippen LogP contribution in [0.1, 0.15) is 18.2 Å². The molecule has 43 valence electrons. The molecular formula is C6H8NS. The predicted molar refractivity (Wildman–Crippen MR) is 34.9 cm³/mol. The van der Waals surface area contributed by atoms with Crippen LogP contribution in [0.5, 0.6) is 0 Å². The standard InChI is InChI=1S/C6H8NS/c1-2-3-6-4-5-7-8-6/h4H,2-3H2,1H3. The third kappa shape index (κ3) is 1.30. The molecule has 0 saturated heterocycles. The summed E-state index contributed by atoms with van der Waals surface area (Å²) in [4.78, 5) is 1.34. The number of aromatic nitrogens is 1. The topological polar surface area (TPSA) is 12.9 Å². The molecule has 0 amide bonds. The van der Waals surface area contributed by atoms with E-state index in [4.69, 9.17) is 0 Å². The number of nitrogens with zero attached hydrogens (tertiary/aromatic N) is 1. The largest absolute Gasteiger partial charge is 0.191 e. The highest BCUT2D eigenvalue weighted by Gasteiger charge is 1.89. The van der Waals surface area contributed by atoms with Crippen molar-refractivity contribution in [1.29, 1.82) is 0 Å². The first-order chi connectivity index (χ1) is 3.93. The van der Waals surface area contributed by atoms with Gasteiger partial charge in [-0.3, -0.25) is 0 Å². The summed E-state index contributed by atoms with van der Waals surface area (Å²) in [5.41, 5.74) is 0. The van der Waals surface area contributed by atoms with E-state index in [1.54, 1.807) is 11.5 Å². The molecule has 0 N–H and O–H groups in total. The second kappa shape index (κ2) is 2.82. The second-order valence-electron chi connectivity index (χ2n) is 1.67. The van der Waals surface area contributed by atoms with Gasteiger partial charge in [-0.15, -0.1) is 0 Å². The minimum absolute atomic E-state index is 1.15. The smallest absolute Gasteiger partial charge is 0.104 e. The third-order valence-corrected chi connectivity index (χ3v) is 1.69. The Labute approximate surface area is 53.5 Å². The van der Waals surface area contributed by atoms with Crippen LogP contribution in [-0.4, -0.2) is 4.37 Å². The second-order valence-corrected chi connectivity index (χ2v) is 2.56. The van der Waals surface area contributed by atoms with Crippen molar-refractivity contribution in [2.75, 3.05) is 0 Å². The summed E-state index contributed by atoms with van der Waals surface area (Å²) in [5, 5.41) is 0. The fraction of sp³-hybridized carbons (Fsp3) is 0.500. The van der Waals surface area contributed by atoms with Gasteiger partial charge in [0.15, 0.2) is 0 Å². The van der Waals surface area contributed by atoms with Crippen molar-refractivity contribution >= 4 is 11.5 Å². The van der Waals surface area contributed by atoms with Crippen LogP contribution in [0.4, 0.5) is 0 Å². The van der Waals surface area contributed by atoms with Gasteiger partial charge in [0, 0.05) is 4.88 Å². The average molecular weight is 126 g/mol. The fourth-order valence-corrected chi connectivity index (χ4v) is 1.20. The highest BCUT2D eigenvalue weighted by atomic mass is 32.1. The summed E-state index contributed by atoms with van der Waals surface area (Å²) in [5.74, 6) is 0. The van der Waals surface area contributed by atoms with Crippen LogP contribution in [0, 0.1) is 6.20 Å². The van der Waals surface area contributed by atoms with E-state index >= 15 is 0 Å². The van der Waals surface area contributed by atoms with E-state index in [2.05, 4.69) is 17.5 Å². The Balaban J connectivity index is 2.50. The van der Waals surface area contributed by atoms with Crippen LogP contribution in [0.25, 0.3) is 0 Å². The molecule has 0 aliphatic carbocycles. The Bertz CT molecular complexity index is 134. The van der Waals surface area contributed by atoms with Crippen molar-refractivity contribution in [3.05, 3.63) is 17.1 Å². The Kier molecular flexibility index (Phi) is 2.03. The molecule has 1 radical (unpaired) electrons. The highest BCUT2D eigenvalue weighted by Crippen LogP contribution is 2.05. The van der Waals surface area contributed by atoms with E-state index in [0.29, 0.717) is 0 Å². The lowest BCUT2D eigenvalue weighted by Gasteiger charge is -1.84. The van der Waals surface area contributed by atoms with Gasteiger partial charge in [0.25, 0.3) is 0 Å². The lowest BCUT2D eigenvalue weighted by Crippen LogP contribution is -1.71. The first kappa shape index (κ1) is 5.76. The number of aryl methyl sites for hydroxylation is 1. The molecule has 0 aliphatic heterocycles. The van der Waals surface area contributed by atoms with E-state index in [1.807, 2.05) is 6.07 Å². The van der Waals surface area contributed by atoms with Gasteiger partial charge >= 0.3 is 0 Å². The van der Waals surface area contributed by atoms with Gasteiger partial charge < -0.3 is 0 Å². The average Bonchev–Trinajstić information content (AvgIpc) is 2.19. The summed E-state index contributed by atoms with van der Waals surface area (Å²) in [6.45, 7) is 2.17. The third-order valence-electron chi connectivity index (χ3n) is 0.938. The highest BCUT2D eigenvalue weighted by molar-refractivity contribution is 7.05. The Morgan fingerprint density at radius 2 is 2.75 bits per heavy atom. The number of rotatable bonds is 2. The van der Waals surface area contributed by atoms with Crippen molar-refractivity contribution in [3.8, 4) is 0 Å². The zero-order valence-corrected chi connectivity index (χ0v) is 5.66. The minimum Gasteiger partial charge on any atom is -0.191 e. The van der Waals surface area contributed by atoms with Gasteiger partial charge in [0.05, 0.1) is 0 Å². The molecule has 0 aromatic carbocycles. The SMILES string of the molecule is CCCc1c[c]ns1. The minimum atomic E-state index is 1.15. The molecule has 0 saturated carbocycles. The summed E-state index contributed by atoms with van der Waals surface area (Å²) in [6, 6.07) is 1.95. The molecule has 0 aliphatic rings. The van der Waals surface area contributed by atoms with Gasteiger partial charge in [-0.2, -0.15) is 4.37 Å². The molecule has 0 atom stereocenters. The molecule has 0 unspecified atom stereocenters. The molecule has 0 bridgehead atoms. The quantitative estimate of drug-likeness (QED) is 0.589. The van der Waals surface area contributed by atoms with E-state index in [0.717, 1.165) is 6.42 Å². The normalized spacial score (nSPS) is 9.62. The van der Waals surface area contributed by atoms with E-state index in [1.165, 1.54) is 11.3 Å². The first-order valence-electron chi connectivity index (χ1n) is 2.75. The molecule has 0 fully saturated rings. The molecule has 2 heteroatoms. The van der Waals surface area contributed by atoms with Crippen LogP contribution in [0.15, 0.2) is 6.07 Å². The number of hydrogen-bond acceptors (Lipinski definition) is 2. The molecule has 0 spiro atoms. The molecule has 1 aromatic heterocycles. The van der Waals surface area contributed by atoms with Gasteiger partial charge in [0.1, 0.15) is 6.20 Å². The summed E-state index contributed by atoms with van der Waals surface area (Å²) in [6.07, 6.45) is 5.14. The van der Waals surface area contributed by atoms with Crippen molar-refractivity contribution in [2.45, 2.75) is 19.8 Å². The molecular weight excluding hydrogens is 118 g/mol. The van der Waals surface area contributed by atoms with Gasteiger partial charge in [-0.05, 0) is 24.0 Å². The number of hydrogen-bond donors (Lipinski definition) is 0. The van der Waals surface area contributed by atoms with Crippen LogP contribution in [0.3, 0.4) is 0 Å². The maximum Gasteiger partial charge on any atom is 0.104 e. The van der Waals surface area contributed by atoms with Crippen LogP contribution < -0.4 is 0 Å². The summed E-state index contributed by atoms with van der Waals surface area (Å²) < 4.78 is 3.86. The first-order valence-corrected chi connectivity index (χ1v) is 3.52. The van der Waals surface area contributed by atoms with E-state index in [9.17, 15) is 0 Å². The monoisotopic (exact) mass is 126 g/mol. The van der Waals surface area contributed by atoms with Gasteiger partial charge in [-0.25, -0.2) is 0 Å². The predicted octanol–water partition coefficient (Wildman–Crippen LogP) is 1.90. The van der Waals surface area contributed by atoms with Crippen molar-refractivity contribution in [1.82, 2.24) is 4.37 Å². The van der Waals surface area contributed by atoms with Gasteiger partial charge in [0.2, 0.25) is 0 Å². The molecule has 1 nitrogen and oxygen atoms in total. The van der Waals surface area contributed by atoms with E-state index < -0.39 is 0 Å². The zero-order valence-electron chi connectivity index (χ0n) is 4.85. The zero-order chi connectivity index (χ0) is 5.82. The van der Waals surface area contributed by atoms with E-state index in [-0.39, 0.29) is 0 Å². The van der Waals surface area contributed by atoms with Crippen molar-refractivity contribution < 1.29 is 0 Å². The van der Waals surface area contributed by atoms with Crippen LogP contribution in [-0.2, 0) is 6.42 Å². The molecule has 8 heavy (non-hydrogen) atoms. The lowest BCUT2D eigenvalue weighted by atomic mass is 10.3. The lowest BCUT2D eigenvalue weighted by molar-refractivity contribution is 0.940. The van der Waals surface area contributed by atoms with Gasteiger partial charge in [-0.1, -0.05) is 13.3 Å².